The molecular weight excluding hydrogens is 497 g/mol. The Bertz CT molecular complexity index is 1470. The molecule has 2 heterocycles. The maximum atomic E-state index is 14.4. The third-order valence-electron chi connectivity index (χ3n) is 7.00. The van der Waals surface area contributed by atoms with Crippen LogP contribution >= 0.6 is 0 Å². The highest BCUT2D eigenvalue weighted by atomic mass is 32.2. The van der Waals surface area contributed by atoms with E-state index in [1.54, 1.807) is 12.1 Å². The highest BCUT2D eigenvalue weighted by Crippen LogP contribution is 2.56. The van der Waals surface area contributed by atoms with Crippen LogP contribution in [0.5, 0.6) is 0 Å². The average molecular weight is 522 g/mol. The molecule has 0 bridgehead atoms. The lowest BCUT2D eigenvalue weighted by molar-refractivity contribution is -0.384. The van der Waals surface area contributed by atoms with Gasteiger partial charge < -0.3 is 4.90 Å². The molecular formula is C27H24FN3O5S. The van der Waals surface area contributed by atoms with Gasteiger partial charge in [-0.15, -0.1) is 0 Å². The minimum atomic E-state index is -2.13. The lowest BCUT2D eigenvalue weighted by Crippen LogP contribution is -2.52. The molecule has 10 heteroatoms. The fourth-order valence-electron chi connectivity index (χ4n) is 5.00. The summed E-state index contributed by atoms with van der Waals surface area (Å²) in [5, 5.41) is 11.7. The van der Waals surface area contributed by atoms with Crippen LogP contribution in [0.25, 0.3) is 0 Å². The highest BCUT2D eigenvalue weighted by Gasteiger charge is 2.71. The smallest absolute Gasteiger partial charge is 0.271 e. The Balaban J connectivity index is 1.77. The first kappa shape index (κ1) is 24.8. The van der Waals surface area contributed by atoms with Crippen molar-refractivity contribution in [2.24, 2.45) is 0 Å². The number of amides is 2. The number of carbonyl (C=O) groups excluding carboxylic acids is 2. The van der Waals surface area contributed by atoms with Crippen molar-refractivity contribution >= 4 is 39.7 Å². The summed E-state index contributed by atoms with van der Waals surface area (Å²) < 4.78 is 26.3. The van der Waals surface area contributed by atoms with E-state index in [-0.39, 0.29) is 17.8 Å². The van der Waals surface area contributed by atoms with Gasteiger partial charge in [-0.25, -0.2) is 4.39 Å². The van der Waals surface area contributed by atoms with Crippen LogP contribution in [-0.2, 0) is 38.2 Å². The van der Waals surface area contributed by atoms with Crippen LogP contribution in [0.3, 0.4) is 0 Å². The van der Waals surface area contributed by atoms with Gasteiger partial charge in [0.25, 0.3) is 11.6 Å². The van der Waals surface area contributed by atoms with E-state index in [1.807, 2.05) is 19.1 Å². The fourth-order valence-corrected chi connectivity index (χ4v) is 6.97. The van der Waals surface area contributed by atoms with Crippen LogP contribution in [0.2, 0.25) is 0 Å². The van der Waals surface area contributed by atoms with Gasteiger partial charge in [-0.05, 0) is 61.7 Å². The van der Waals surface area contributed by atoms with E-state index in [0.717, 1.165) is 12.0 Å². The Kier molecular flexibility index (Phi) is 5.74. The van der Waals surface area contributed by atoms with Crippen LogP contribution in [0.4, 0.5) is 21.5 Å². The molecule has 37 heavy (non-hydrogen) atoms. The van der Waals surface area contributed by atoms with Crippen molar-refractivity contribution in [1.29, 1.82) is 0 Å². The zero-order chi connectivity index (χ0) is 26.7. The number of benzene rings is 3. The number of non-ortho nitro benzene ring substituents is 1. The Morgan fingerprint density at radius 1 is 0.946 bits per heavy atom. The van der Waals surface area contributed by atoms with Gasteiger partial charge in [-0.2, -0.15) is 0 Å². The summed E-state index contributed by atoms with van der Waals surface area (Å²) in [5.74, 6) is -1.59. The Labute approximate surface area is 215 Å². The minimum absolute atomic E-state index is 0.000105. The number of halogens is 1. The van der Waals surface area contributed by atoms with Crippen molar-refractivity contribution in [2.45, 2.75) is 43.4 Å². The van der Waals surface area contributed by atoms with Gasteiger partial charge in [0.1, 0.15) is 10.6 Å². The molecule has 1 saturated heterocycles. The van der Waals surface area contributed by atoms with Crippen molar-refractivity contribution in [1.82, 2.24) is 0 Å². The SMILES string of the molecule is CCc1ccc(N2C(=O)C(C)(C)S(=O)C23C(=O)N(Cc2ccc(F)cc2)c2ccc([N+](=O)[O-])cc23)cc1. The van der Waals surface area contributed by atoms with Gasteiger partial charge in [0.05, 0.1) is 28.0 Å². The number of hydrogen-bond acceptors (Lipinski definition) is 5. The zero-order valence-electron chi connectivity index (χ0n) is 20.4. The summed E-state index contributed by atoms with van der Waals surface area (Å²) in [6.45, 7) is 5.01. The fraction of sp³-hybridized carbons (Fsp3) is 0.259. The molecule has 0 N–H and O–H groups in total. The van der Waals surface area contributed by atoms with E-state index >= 15 is 0 Å². The zero-order valence-corrected chi connectivity index (χ0v) is 21.3. The lowest BCUT2D eigenvalue weighted by Gasteiger charge is -2.32. The molecule has 0 saturated carbocycles. The Morgan fingerprint density at radius 2 is 1.57 bits per heavy atom. The molecule has 0 aliphatic carbocycles. The first-order valence-corrected chi connectivity index (χ1v) is 12.9. The van der Waals surface area contributed by atoms with Crippen LogP contribution in [-0.4, -0.2) is 25.7 Å². The van der Waals surface area contributed by atoms with E-state index in [1.165, 1.54) is 66.1 Å². The largest absolute Gasteiger partial charge is 0.304 e. The number of hydrogen-bond donors (Lipinski definition) is 0. The third-order valence-corrected chi connectivity index (χ3v) is 9.22. The van der Waals surface area contributed by atoms with Crippen molar-refractivity contribution in [2.75, 3.05) is 9.80 Å². The maximum Gasteiger partial charge on any atom is 0.271 e. The molecule has 1 spiro atoms. The molecule has 2 aliphatic rings. The summed E-state index contributed by atoms with van der Waals surface area (Å²) in [6, 6.07) is 16.6. The predicted molar refractivity (Wildman–Crippen MR) is 138 cm³/mol. The second-order valence-electron chi connectivity index (χ2n) is 9.56. The number of nitro groups is 1. The monoisotopic (exact) mass is 521 g/mol. The molecule has 1 fully saturated rings. The molecule has 0 radical (unpaired) electrons. The summed E-state index contributed by atoms with van der Waals surface area (Å²) in [6.07, 6.45) is 0.760. The van der Waals surface area contributed by atoms with Crippen LogP contribution in [0.1, 0.15) is 37.5 Å². The van der Waals surface area contributed by atoms with Gasteiger partial charge >= 0.3 is 0 Å². The molecule has 2 amide bonds. The second kappa shape index (κ2) is 8.58. The van der Waals surface area contributed by atoms with Crippen molar-refractivity contribution in [3.8, 4) is 0 Å². The Morgan fingerprint density at radius 3 is 2.16 bits per heavy atom. The molecule has 190 valence electrons. The van der Waals surface area contributed by atoms with Crippen molar-refractivity contribution in [3.05, 3.63) is 99.4 Å². The van der Waals surface area contributed by atoms with Crippen LogP contribution in [0.15, 0.2) is 66.7 Å². The summed E-state index contributed by atoms with van der Waals surface area (Å²) in [4.78, 5) is 39.9. The summed E-state index contributed by atoms with van der Waals surface area (Å²) in [5.41, 5.74) is 2.14. The van der Waals surface area contributed by atoms with Gasteiger partial charge in [-0.3, -0.25) is 28.8 Å². The first-order valence-electron chi connectivity index (χ1n) is 11.7. The molecule has 8 nitrogen and oxygen atoms in total. The van der Waals surface area contributed by atoms with Gasteiger partial charge in [0.2, 0.25) is 10.8 Å². The van der Waals surface area contributed by atoms with E-state index in [2.05, 4.69) is 0 Å². The number of nitro benzene ring substituents is 1. The van der Waals surface area contributed by atoms with E-state index < -0.39 is 43.0 Å². The molecule has 5 rings (SSSR count). The quantitative estimate of drug-likeness (QED) is 0.362. The predicted octanol–water partition coefficient (Wildman–Crippen LogP) is 4.57. The standard InChI is InChI=1S/C27H24FN3O5S/c1-4-17-7-11-20(12-8-17)30-24(32)26(2,3)37(36)27(30)22-15-21(31(34)35)13-14-23(22)29(25(27)33)16-18-5-9-19(28)10-6-18/h5-15H,4,16H2,1-3H3. The highest BCUT2D eigenvalue weighted by molar-refractivity contribution is 7.90. The number of fused-ring (bicyclic) bond motifs is 2. The maximum absolute atomic E-state index is 14.4. The number of rotatable bonds is 5. The Hall–Kier alpha value is -3.92. The number of nitrogens with zero attached hydrogens (tertiary/aromatic N) is 3. The normalized spacial score (nSPS) is 22.1. The van der Waals surface area contributed by atoms with Crippen molar-refractivity contribution in [3.63, 3.8) is 0 Å². The lowest BCUT2D eigenvalue weighted by atomic mass is 10.0. The third kappa shape index (κ3) is 3.50. The van der Waals surface area contributed by atoms with E-state index in [4.69, 9.17) is 0 Å². The first-order chi connectivity index (χ1) is 17.5. The van der Waals surface area contributed by atoms with E-state index in [9.17, 15) is 28.3 Å². The number of anilines is 2. The molecule has 3 aromatic carbocycles. The summed E-state index contributed by atoms with van der Waals surface area (Å²) >= 11 is 0. The van der Waals surface area contributed by atoms with Crippen molar-refractivity contribution < 1.29 is 23.1 Å². The van der Waals surface area contributed by atoms with E-state index in [0.29, 0.717) is 16.9 Å². The minimum Gasteiger partial charge on any atom is -0.304 e. The number of aryl methyl sites for hydroxylation is 1. The molecule has 3 aromatic rings. The molecule has 2 aliphatic heterocycles. The van der Waals surface area contributed by atoms with Gasteiger partial charge in [-0.1, -0.05) is 31.2 Å². The average Bonchev–Trinajstić information content (AvgIpc) is 3.21. The molecule has 0 aromatic heterocycles. The topological polar surface area (TPSA) is 101 Å². The molecule has 2 unspecified atom stereocenters. The number of carbonyl (C=O) groups is 2. The molecule has 2 atom stereocenters. The van der Waals surface area contributed by atoms with Crippen LogP contribution in [0, 0.1) is 15.9 Å². The van der Waals surface area contributed by atoms with Gasteiger partial charge in [0, 0.05) is 23.4 Å². The second-order valence-corrected chi connectivity index (χ2v) is 11.7. The van der Waals surface area contributed by atoms with Crippen LogP contribution < -0.4 is 9.80 Å². The van der Waals surface area contributed by atoms with Gasteiger partial charge in [0.15, 0.2) is 0 Å². The summed E-state index contributed by atoms with van der Waals surface area (Å²) in [7, 11) is -2.13.